The summed E-state index contributed by atoms with van der Waals surface area (Å²) in [5.41, 5.74) is 2.82. The van der Waals surface area contributed by atoms with E-state index in [4.69, 9.17) is 28.6 Å². The molecule has 3 N–H and O–H groups in total. The van der Waals surface area contributed by atoms with Gasteiger partial charge in [0.05, 0.1) is 23.4 Å². The number of carbonyl (C=O) groups excluding carboxylic acids is 1. The van der Waals surface area contributed by atoms with Crippen LogP contribution < -0.4 is 20.7 Å². The first-order chi connectivity index (χ1) is 13.5. The Kier molecular flexibility index (Phi) is 6.88. The highest BCUT2D eigenvalue weighted by atomic mass is 79.9. The van der Waals surface area contributed by atoms with E-state index < -0.39 is 0 Å². The third-order valence-corrected chi connectivity index (χ3v) is 5.50. The molecular formula is C19H18BrClN4O2S. The molecule has 1 aliphatic rings. The molecule has 0 unspecified atom stereocenters. The molecule has 28 heavy (non-hydrogen) atoms. The summed E-state index contributed by atoms with van der Waals surface area (Å²) < 4.78 is 6.24. The molecule has 1 amide bonds. The highest BCUT2D eigenvalue weighted by Gasteiger charge is 2.25. The van der Waals surface area contributed by atoms with Gasteiger partial charge in [0.2, 0.25) is 0 Å². The molecule has 1 aliphatic heterocycles. The topological polar surface area (TPSA) is 75.3 Å². The predicted molar refractivity (Wildman–Crippen MR) is 118 cm³/mol. The fraction of sp³-hybridized carbons (Fsp3) is 0.211. The number of anilines is 1. The van der Waals surface area contributed by atoms with Gasteiger partial charge in [0.25, 0.3) is 5.91 Å². The molecule has 2 heterocycles. The van der Waals surface area contributed by atoms with E-state index in [1.165, 1.54) is 7.11 Å². The van der Waals surface area contributed by atoms with Crippen molar-refractivity contribution in [2.75, 3.05) is 19.0 Å². The molecule has 0 spiro atoms. The third kappa shape index (κ3) is 4.63. The molecule has 6 nitrogen and oxygen atoms in total. The summed E-state index contributed by atoms with van der Waals surface area (Å²) in [5.74, 6) is 0.250. The summed E-state index contributed by atoms with van der Waals surface area (Å²) in [6.45, 7) is 1.09. The number of halogens is 2. The van der Waals surface area contributed by atoms with Gasteiger partial charge in [-0.15, -0.1) is 0 Å². The molecule has 1 aromatic heterocycles. The Labute approximate surface area is 181 Å². The lowest BCUT2D eigenvalue weighted by molar-refractivity contribution is -0.117. The highest BCUT2D eigenvalue weighted by Crippen LogP contribution is 2.33. The van der Waals surface area contributed by atoms with Crippen LogP contribution in [0.2, 0.25) is 5.02 Å². The van der Waals surface area contributed by atoms with Crippen LogP contribution in [0.5, 0.6) is 5.75 Å². The van der Waals surface area contributed by atoms with Crippen LogP contribution in [0.25, 0.3) is 0 Å². The van der Waals surface area contributed by atoms with Crippen LogP contribution in [0.4, 0.5) is 5.69 Å². The number of carbonyl (C=O) groups is 1. The monoisotopic (exact) mass is 480 g/mol. The molecule has 1 aromatic carbocycles. The maximum Gasteiger partial charge on any atom is 0.256 e. The maximum absolute atomic E-state index is 12.5. The van der Waals surface area contributed by atoms with Crippen LogP contribution in [-0.4, -0.2) is 29.5 Å². The molecule has 3 rings (SSSR count). The molecule has 146 valence electrons. The van der Waals surface area contributed by atoms with Crippen molar-refractivity contribution in [3.63, 3.8) is 0 Å². The second kappa shape index (κ2) is 9.36. The van der Waals surface area contributed by atoms with Crippen molar-refractivity contribution in [1.82, 2.24) is 15.6 Å². The molecule has 0 saturated carbocycles. The average Bonchev–Trinajstić information content (AvgIpc) is 2.67. The van der Waals surface area contributed by atoms with E-state index in [1.807, 2.05) is 6.07 Å². The van der Waals surface area contributed by atoms with Crippen molar-refractivity contribution in [3.05, 3.63) is 63.0 Å². The fourth-order valence-corrected chi connectivity index (χ4v) is 3.79. The number of nitrogens with one attached hydrogen (secondary N) is 3. The minimum Gasteiger partial charge on any atom is -0.493 e. The van der Waals surface area contributed by atoms with Gasteiger partial charge in [0.1, 0.15) is 4.99 Å². The van der Waals surface area contributed by atoms with E-state index >= 15 is 0 Å². The number of ether oxygens (including phenoxy) is 1. The number of amides is 1. The smallest absolute Gasteiger partial charge is 0.256 e. The van der Waals surface area contributed by atoms with Crippen LogP contribution in [-0.2, 0) is 11.3 Å². The number of hydrogen-bond donors (Lipinski definition) is 3. The molecule has 0 radical (unpaired) electrons. The zero-order valence-electron chi connectivity index (χ0n) is 15.0. The number of thiocarbonyl (C=S) groups is 1. The van der Waals surface area contributed by atoms with Crippen LogP contribution in [0.1, 0.15) is 12.0 Å². The van der Waals surface area contributed by atoms with Gasteiger partial charge < -0.3 is 20.7 Å². The SMILES string of the molecule is COc1c(Cl)cccc1NC(=S)C1=C(NCc2ccncc2Br)CCNC1=O. The summed E-state index contributed by atoms with van der Waals surface area (Å²) in [6, 6.07) is 7.21. The van der Waals surface area contributed by atoms with Crippen molar-refractivity contribution < 1.29 is 9.53 Å². The second-order valence-corrected chi connectivity index (χ2v) is 7.62. The zero-order chi connectivity index (χ0) is 20.1. The van der Waals surface area contributed by atoms with E-state index in [2.05, 4.69) is 36.9 Å². The van der Waals surface area contributed by atoms with E-state index in [1.54, 1.807) is 30.6 Å². The Hall–Kier alpha value is -2.16. The number of methoxy groups -OCH3 is 1. The Balaban J connectivity index is 1.85. The first kappa shape index (κ1) is 20.6. The van der Waals surface area contributed by atoms with E-state index in [9.17, 15) is 4.79 Å². The number of nitrogens with zero attached hydrogens (tertiary/aromatic N) is 1. The molecular weight excluding hydrogens is 464 g/mol. The predicted octanol–water partition coefficient (Wildman–Crippen LogP) is 3.81. The Morgan fingerprint density at radius 2 is 2.25 bits per heavy atom. The van der Waals surface area contributed by atoms with Gasteiger partial charge in [-0.3, -0.25) is 9.78 Å². The minimum atomic E-state index is -0.221. The quantitative estimate of drug-likeness (QED) is 0.545. The number of aromatic nitrogens is 1. The maximum atomic E-state index is 12.5. The Morgan fingerprint density at radius 1 is 1.43 bits per heavy atom. The molecule has 2 aromatic rings. The van der Waals surface area contributed by atoms with Crippen LogP contribution in [0.15, 0.2) is 52.4 Å². The van der Waals surface area contributed by atoms with Crippen molar-refractivity contribution >= 4 is 56.3 Å². The van der Waals surface area contributed by atoms with Gasteiger partial charge in [-0.2, -0.15) is 0 Å². The minimum absolute atomic E-state index is 0.221. The van der Waals surface area contributed by atoms with E-state index in [-0.39, 0.29) is 5.91 Å². The fourth-order valence-electron chi connectivity index (χ4n) is 2.82. The molecule has 0 fully saturated rings. The van der Waals surface area contributed by atoms with Crippen molar-refractivity contribution in [2.24, 2.45) is 0 Å². The number of rotatable bonds is 6. The Bertz CT molecular complexity index is 951. The van der Waals surface area contributed by atoms with Gasteiger partial charge in [0.15, 0.2) is 5.75 Å². The van der Waals surface area contributed by atoms with Gasteiger partial charge in [0, 0.05) is 42.1 Å². The van der Waals surface area contributed by atoms with Gasteiger partial charge in [-0.25, -0.2) is 0 Å². The zero-order valence-corrected chi connectivity index (χ0v) is 18.2. The summed E-state index contributed by atoms with van der Waals surface area (Å²) in [7, 11) is 1.53. The lowest BCUT2D eigenvalue weighted by atomic mass is 10.1. The molecule has 9 heteroatoms. The number of pyridine rings is 1. The lowest BCUT2D eigenvalue weighted by Crippen LogP contribution is -2.39. The summed E-state index contributed by atoms with van der Waals surface area (Å²) in [5, 5.41) is 9.72. The normalized spacial score (nSPS) is 13.8. The van der Waals surface area contributed by atoms with Crippen LogP contribution >= 0.6 is 39.7 Å². The van der Waals surface area contributed by atoms with Crippen molar-refractivity contribution in [3.8, 4) is 5.75 Å². The molecule has 0 bridgehead atoms. The summed E-state index contributed by atoms with van der Waals surface area (Å²) in [4.78, 5) is 16.9. The highest BCUT2D eigenvalue weighted by molar-refractivity contribution is 9.10. The first-order valence-electron chi connectivity index (χ1n) is 8.48. The second-order valence-electron chi connectivity index (χ2n) is 5.95. The first-order valence-corrected chi connectivity index (χ1v) is 10.1. The lowest BCUT2D eigenvalue weighted by Gasteiger charge is -2.23. The van der Waals surface area contributed by atoms with Gasteiger partial charge >= 0.3 is 0 Å². The molecule has 0 atom stereocenters. The van der Waals surface area contributed by atoms with Crippen LogP contribution in [0.3, 0.4) is 0 Å². The number of hydrogen-bond acceptors (Lipinski definition) is 5. The third-order valence-electron chi connectivity index (χ3n) is 4.18. The summed E-state index contributed by atoms with van der Waals surface area (Å²) in [6.07, 6.45) is 4.11. The number of benzene rings is 1. The number of para-hydroxylation sites is 1. The van der Waals surface area contributed by atoms with Gasteiger partial charge in [-0.05, 0) is 39.7 Å². The van der Waals surface area contributed by atoms with Gasteiger partial charge in [-0.1, -0.05) is 29.9 Å². The standard InChI is InChI=1S/C19H18BrClN4O2S/c1-27-17-13(21)3-2-4-15(17)25-19(28)16-14(6-8-23-18(16)26)24-9-11-5-7-22-10-12(11)20/h2-5,7,10,24H,6,8-9H2,1H3,(H,23,26)(H,25,28). The molecule has 0 saturated heterocycles. The largest absolute Gasteiger partial charge is 0.493 e. The Morgan fingerprint density at radius 3 is 3.00 bits per heavy atom. The average molecular weight is 482 g/mol. The van der Waals surface area contributed by atoms with E-state index in [0.29, 0.717) is 46.5 Å². The van der Waals surface area contributed by atoms with Crippen LogP contribution in [0, 0.1) is 0 Å². The molecule has 0 aliphatic carbocycles. The van der Waals surface area contributed by atoms with E-state index in [0.717, 1.165) is 15.7 Å². The van der Waals surface area contributed by atoms with Crippen molar-refractivity contribution in [1.29, 1.82) is 0 Å². The summed E-state index contributed by atoms with van der Waals surface area (Å²) >= 11 is 15.2. The van der Waals surface area contributed by atoms with Crippen molar-refractivity contribution in [2.45, 2.75) is 13.0 Å².